The van der Waals surface area contributed by atoms with Crippen LogP contribution in [0.5, 0.6) is 17.2 Å². The van der Waals surface area contributed by atoms with Crippen molar-refractivity contribution in [3.63, 3.8) is 0 Å². The van der Waals surface area contributed by atoms with Crippen LogP contribution in [0.3, 0.4) is 0 Å². The van der Waals surface area contributed by atoms with E-state index in [2.05, 4.69) is 40.2 Å². The van der Waals surface area contributed by atoms with Gasteiger partial charge in [-0.15, -0.1) is 0 Å². The van der Waals surface area contributed by atoms with Crippen molar-refractivity contribution in [3.8, 4) is 23.2 Å². The van der Waals surface area contributed by atoms with Gasteiger partial charge in [-0.2, -0.15) is 4.39 Å². The Morgan fingerprint density at radius 3 is 2.53 bits per heavy atom. The van der Waals surface area contributed by atoms with Gasteiger partial charge in [0.25, 0.3) is 6.71 Å². The average molecular weight is 519 g/mol. The Labute approximate surface area is 221 Å². The minimum absolute atomic E-state index is 0.0230. The van der Waals surface area contributed by atoms with Gasteiger partial charge in [0.2, 0.25) is 19.0 Å². The first-order valence-electron chi connectivity index (χ1n) is 12.9. The van der Waals surface area contributed by atoms with Crippen LogP contribution in [0, 0.1) is 30.9 Å². The maximum atomic E-state index is 13.9. The molecule has 6 rings (SSSR count). The number of ether oxygens (including phenoxy) is 3. The number of imidazole rings is 1. The summed E-state index contributed by atoms with van der Waals surface area (Å²) in [5.74, 6) is 5.01. The normalized spacial score (nSPS) is 16.4. The number of methoxy groups -OCH3 is 1. The quantitative estimate of drug-likeness (QED) is 0.370. The molecule has 1 aliphatic carbocycles. The van der Waals surface area contributed by atoms with E-state index in [-0.39, 0.29) is 23.8 Å². The molecule has 4 heterocycles. The summed E-state index contributed by atoms with van der Waals surface area (Å²) in [5.41, 5.74) is 3.40. The Kier molecular flexibility index (Phi) is 7.32. The number of rotatable bonds is 6. The SMILES string of the molecule is COc1c(NC=O)cn2cc(C)nc2c1F.Cc1ccc(N2CCC(B(C#N)C3CC3)CC2)c2c1OCO2. The molecule has 1 N–H and O–H groups in total. The maximum Gasteiger partial charge on any atom is 0.274 e. The number of hydrogen-bond donors (Lipinski definition) is 1. The van der Waals surface area contributed by atoms with Crippen molar-refractivity contribution in [1.82, 2.24) is 9.38 Å². The predicted molar refractivity (Wildman–Crippen MR) is 143 cm³/mol. The first kappa shape index (κ1) is 25.7. The molecule has 0 unspecified atom stereocenters. The number of nitrogens with zero attached hydrogens (tertiary/aromatic N) is 4. The summed E-state index contributed by atoms with van der Waals surface area (Å²) in [7, 11) is 1.33. The second-order valence-electron chi connectivity index (χ2n) is 10.0. The Bertz CT molecular complexity index is 1380. The maximum absolute atomic E-state index is 13.9. The molecule has 1 saturated heterocycles. The minimum Gasteiger partial charge on any atom is -0.491 e. The number of aryl methyl sites for hydroxylation is 2. The fraction of sp³-hybridized carbons (Fsp3) is 0.444. The summed E-state index contributed by atoms with van der Waals surface area (Å²) in [6, 6.07) is 4.25. The van der Waals surface area contributed by atoms with E-state index in [4.69, 9.17) is 14.2 Å². The molecule has 2 fully saturated rings. The van der Waals surface area contributed by atoms with Gasteiger partial charge < -0.3 is 28.8 Å². The second-order valence-corrected chi connectivity index (χ2v) is 10.0. The highest BCUT2D eigenvalue weighted by atomic mass is 19.1. The lowest BCUT2D eigenvalue weighted by Gasteiger charge is -2.35. The van der Waals surface area contributed by atoms with Crippen LogP contribution in [0.15, 0.2) is 24.5 Å². The Morgan fingerprint density at radius 1 is 1.16 bits per heavy atom. The molecule has 0 radical (unpaired) electrons. The van der Waals surface area contributed by atoms with Gasteiger partial charge in [-0.25, -0.2) is 10.2 Å². The molecule has 2 aromatic heterocycles. The molecule has 1 saturated carbocycles. The lowest BCUT2D eigenvalue weighted by molar-refractivity contribution is -0.105. The molecule has 0 atom stereocenters. The summed E-state index contributed by atoms with van der Waals surface area (Å²) in [4.78, 5) is 16.8. The third-order valence-corrected chi connectivity index (χ3v) is 7.54. The molecule has 3 aliphatic rings. The van der Waals surface area contributed by atoms with Crippen molar-refractivity contribution < 1.29 is 23.4 Å². The second kappa shape index (κ2) is 10.8. The molecule has 0 spiro atoms. The van der Waals surface area contributed by atoms with Crippen molar-refractivity contribution >= 4 is 30.1 Å². The third-order valence-electron chi connectivity index (χ3n) is 7.54. The fourth-order valence-electron chi connectivity index (χ4n) is 5.48. The number of pyridine rings is 1. The summed E-state index contributed by atoms with van der Waals surface area (Å²) >= 11 is 0. The van der Waals surface area contributed by atoms with Crippen LogP contribution in [0.2, 0.25) is 11.6 Å². The number of halogens is 1. The smallest absolute Gasteiger partial charge is 0.274 e. The van der Waals surface area contributed by atoms with Crippen LogP contribution >= 0.6 is 0 Å². The number of anilines is 2. The average Bonchev–Trinajstić information content (AvgIpc) is 3.48. The summed E-state index contributed by atoms with van der Waals surface area (Å²) in [6.07, 6.45) is 8.41. The van der Waals surface area contributed by atoms with Crippen molar-refractivity contribution in [1.29, 1.82) is 5.26 Å². The van der Waals surface area contributed by atoms with Gasteiger partial charge >= 0.3 is 0 Å². The molecule has 11 heteroatoms. The van der Waals surface area contributed by atoms with Crippen LogP contribution in [0.25, 0.3) is 5.65 Å². The molecule has 3 aromatic rings. The summed E-state index contributed by atoms with van der Waals surface area (Å²) < 4.78 is 31.6. The van der Waals surface area contributed by atoms with E-state index in [9.17, 15) is 14.4 Å². The van der Waals surface area contributed by atoms with Crippen LogP contribution in [0.4, 0.5) is 15.8 Å². The van der Waals surface area contributed by atoms with Crippen molar-refractivity contribution in [2.45, 2.75) is 51.2 Å². The van der Waals surface area contributed by atoms with E-state index < -0.39 is 5.82 Å². The number of benzene rings is 1. The lowest BCUT2D eigenvalue weighted by Crippen LogP contribution is -2.36. The van der Waals surface area contributed by atoms with Gasteiger partial charge in [-0.1, -0.05) is 18.9 Å². The lowest BCUT2D eigenvalue weighted by atomic mass is 9.37. The highest BCUT2D eigenvalue weighted by Crippen LogP contribution is 2.48. The minimum atomic E-state index is -0.595. The topological polar surface area (TPSA) is 101 Å². The fourth-order valence-corrected chi connectivity index (χ4v) is 5.48. The zero-order chi connectivity index (χ0) is 26.8. The van der Waals surface area contributed by atoms with Crippen molar-refractivity contribution in [3.05, 3.63) is 41.6 Å². The molecule has 0 bridgehead atoms. The number of carbonyl (C=O) groups excluding carboxylic acids is 1. The van der Waals surface area contributed by atoms with Crippen LogP contribution < -0.4 is 24.4 Å². The molecular weight excluding hydrogens is 488 g/mol. The van der Waals surface area contributed by atoms with Gasteiger partial charge in [0, 0.05) is 31.5 Å². The van der Waals surface area contributed by atoms with Crippen molar-refractivity contribution in [2.75, 3.05) is 37.2 Å². The number of aromatic nitrogens is 2. The Hall–Kier alpha value is -3.94. The van der Waals surface area contributed by atoms with Gasteiger partial charge in [0.1, 0.15) is 5.69 Å². The zero-order valence-corrected chi connectivity index (χ0v) is 21.9. The monoisotopic (exact) mass is 519 g/mol. The largest absolute Gasteiger partial charge is 0.491 e. The van der Waals surface area contributed by atoms with Crippen molar-refractivity contribution in [2.24, 2.45) is 0 Å². The molecule has 198 valence electrons. The molecule has 1 amide bonds. The van der Waals surface area contributed by atoms with E-state index >= 15 is 0 Å². The standard InChI is InChI=1S/C17H21BN2O2.C10H10FN3O2/c1-12-2-5-15(17-16(12)21-11-22-17)20-8-6-14(7-9-20)18(10-19)13-3-4-13;1-6-3-14-4-7(12-5-15)9(16-2)8(11)10(14)13-6/h2,5,13-14H,3-4,6-9,11H2,1H3;3-5H,1-2H3,(H,12,15). The highest BCUT2D eigenvalue weighted by molar-refractivity contribution is 6.70. The van der Waals surface area contributed by atoms with Crippen LogP contribution in [0.1, 0.15) is 36.9 Å². The summed E-state index contributed by atoms with van der Waals surface area (Å²) in [5, 5.41) is 11.8. The molecule has 1 aromatic carbocycles. The number of nitrogens with one attached hydrogen (secondary N) is 1. The van der Waals surface area contributed by atoms with Gasteiger partial charge in [-0.3, -0.25) is 4.79 Å². The Morgan fingerprint density at radius 2 is 1.87 bits per heavy atom. The number of carbonyl (C=O) groups is 1. The predicted octanol–water partition coefficient (Wildman–Crippen LogP) is 4.77. The third kappa shape index (κ3) is 4.95. The number of amides is 1. The van der Waals surface area contributed by atoms with E-state index in [0.717, 1.165) is 48.7 Å². The molecular formula is C27H31BFN5O4. The summed E-state index contributed by atoms with van der Waals surface area (Å²) in [6.45, 7) is 6.43. The van der Waals surface area contributed by atoms with E-state index in [1.165, 1.54) is 24.4 Å². The van der Waals surface area contributed by atoms with E-state index in [1.54, 1.807) is 19.3 Å². The molecule has 38 heavy (non-hydrogen) atoms. The van der Waals surface area contributed by atoms with Crippen LogP contribution in [-0.2, 0) is 4.79 Å². The van der Waals surface area contributed by atoms with E-state index in [1.807, 2.05) is 0 Å². The first-order valence-corrected chi connectivity index (χ1v) is 12.9. The van der Waals surface area contributed by atoms with Gasteiger partial charge in [0.05, 0.1) is 18.5 Å². The van der Waals surface area contributed by atoms with Crippen LogP contribution in [-0.4, -0.2) is 49.5 Å². The number of fused-ring (bicyclic) bond motifs is 2. The molecule has 2 aliphatic heterocycles. The van der Waals surface area contributed by atoms with Gasteiger partial charge in [0.15, 0.2) is 22.9 Å². The number of hydrogen-bond acceptors (Lipinski definition) is 7. The number of piperidine rings is 1. The highest BCUT2D eigenvalue weighted by Gasteiger charge is 2.42. The Balaban J connectivity index is 0.000000163. The van der Waals surface area contributed by atoms with E-state index in [0.29, 0.717) is 30.5 Å². The number of nitriles is 1. The zero-order valence-electron chi connectivity index (χ0n) is 21.9. The molecule has 9 nitrogen and oxygen atoms in total. The van der Waals surface area contributed by atoms with Gasteiger partial charge in [-0.05, 0) is 50.0 Å². The first-order chi connectivity index (χ1) is 18.4.